The summed E-state index contributed by atoms with van der Waals surface area (Å²) >= 11 is 6.36. The molecule has 0 radical (unpaired) electrons. The molecule has 1 aliphatic heterocycles. The molecule has 1 N–H and O–H groups in total. The van der Waals surface area contributed by atoms with Crippen molar-refractivity contribution in [1.82, 2.24) is 20.3 Å². The Hall–Kier alpha value is -2.60. The maximum Gasteiger partial charge on any atom is 0.276 e. The summed E-state index contributed by atoms with van der Waals surface area (Å²) in [6.45, 7) is 1.13. The van der Waals surface area contributed by atoms with Gasteiger partial charge in [-0.1, -0.05) is 35.0 Å². The summed E-state index contributed by atoms with van der Waals surface area (Å²) in [6, 6.07) is 7.64. The third-order valence-corrected chi connectivity index (χ3v) is 5.83. The number of benzene rings is 1. The molecule has 0 bridgehead atoms. The first-order valence-electron chi connectivity index (χ1n) is 9.30. The highest BCUT2D eigenvalue weighted by Gasteiger charge is 2.31. The molecule has 5 rings (SSSR count). The number of H-pyrrole nitrogens is 1. The van der Waals surface area contributed by atoms with Gasteiger partial charge in [0.05, 0.1) is 17.3 Å². The monoisotopic (exact) mass is 382 g/mol. The molecule has 2 aliphatic rings. The van der Waals surface area contributed by atoms with Gasteiger partial charge >= 0.3 is 0 Å². The van der Waals surface area contributed by atoms with Crippen LogP contribution in [0, 0.1) is 0 Å². The molecule has 138 valence electrons. The van der Waals surface area contributed by atoms with Crippen LogP contribution in [0.5, 0.6) is 0 Å². The Balaban J connectivity index is 1.46. The van der Waals surface area contributed by atoms with Crippen LogP contribution in [0.25, 0.3) is 11.3 Å². The van der Waals surface area contributed by atoms with Crippen LogP contribution in [0.1, 0.15) is 45.9 Å². The first-order valence-corrected chi connectivity index (χ1v) is 9.68. The van der Waals surface area contributed by atoms with Gasteiger partial charge in [-0.3, -0.25) is 9.89 Å². The van der Waals surface area contributed by atoms with Crippen molar-refractivity contribution in [2.45, 2.75) is 38.6 Å². The normalized spacial score (nSPS) is 16.1. The van der Waals surface area contributed by atoms with Crippen LogP contribution in [0.2, 0.25) is 5.02 Å². The van der Waals surface area contributed by atoms with Gasteiger partial charge in [0.2, 0.25) is 0 Å². The molecule has 3 aromatic rings. The summed E-state index contributed by atoms with van der Waals surface area (Å²) in [4.78, 5) is 15.0. The van der Waals surface area contributed by atoms with Gasteiger partial charge in [0, 0.05) is 41.8 Å². The fraction of sp³-hybridized carbons (Fsp3) is 0.350. The Morgan fingerprint density at radius 3 is 2.89 bits per heavy atom. The molecule has 0 saturated carbocycles. The minimum atomic E-state index is -0.0566. The number of halogens is 1. The summed E-state index contributed by atoms with van der Waals surface area (Å²) in [6.07, 6.45) is 4.66. The van der Waals surface area contributed by atoms with Crippen molar-refractivity contribution in [3.63, 3.8) is 0 Å². The Morgan fingerprint density at radius 1 is 1.15 bits per heavy atom. The second-order valence-electron chi connectivity index (χ2n) is 7.13. The second kappa shape index (κ2) is 6.53. The van der Waals surface area contributed by atoms with Gasteiger partial charge in [0.15, 0.2) is 5.69 Å². The quantitative estimate of drug-likeness (QED) is 0.731. The van der Waals surface area contributed by atoms with Crippen LogP contribution in [-0.2, 0) is 25.8 Å². The lowest BCUT2D eigenvalue weighted by Gasteiger charge is -2.27. The number of aryl methyl sites for hydroxylation is 1. The lowest BCUT2D eigenvalue weighted by Crippen LogP contribution is -2.36. The molecule has 6 nitrogen and oxygen atoms in total. The Kier molecular flexibility index (Phi) is 4.01. The Bertz CT molecular complexity index is 1020. The molecule has 0 atom stereocenters. The van der Waals surface area contributed by atoms with E-state index in [1.54, 1.807) is 0 Å². The lowest BCUT2D eigenvalue weighted by molar-refractivity contribution is 0.0723. The van der Waals surface area contributed by atoms with Crippen molar-refractivity contribution in [2.75, 3.05) is 6.54 Å². The minimum absolute atomic E-state index is 0.0566. The number of aromatic nitrogens is 3. The molecule has 7 heteroatoms. The average Bonchev–Trinajstić information content (AvgIpc) is 3.31. The van der Waals surface area contributed by atoms with Crippen LogP contribution >= 0.6 is 11.6 Å². The fourth-order valence-electron chi connectivity index (χ4n) is 4.05. The highest BCUT2D eigenvalue weighted by molar-refractivity contribution is 6.33. The molecular formula is C20H19ClN4O2. The third kappa shape index (κ3) is 2.75. The fourth-order valence-corrected chi connectivity index (χ4v) is 4.27. The zero-order chi connectivity index (χ0) is 18.4. The van der Waals surface area contributed by atoms with E-state index in [1.165, 1.54) is 0 Å². The standard InChI is InChI=1S/C20H19ClN4O2/c21-15-7-3-1-5-12(15)18-14-11-25(10-9-16(14)22-23-18)20(26)19-13-6-2-4-8-17(13)27-24-19/h1,3,5,7H,2,4,6,8-11H2,(H,22,23). The van der Waals surface area contributed by atoms with Gasteiger partial charge in [-0.15, -0.1) is 0 Å². The zero-order valence-electron chi connectivity index (χ0n) is 14.8. The molecule has 3 heterocycles. The first kappa shape index (κ1) is 16.6. The maximum absolute atomic E-state index is 13.1. The molecule has 2 aromatic heterocycles. The zero-order valence-corrected chi connectivity index (χ0v) is 15.6. The highest BCUT2D eigenvalue weighted by Crippen LogP contribution is 2.33. The summed E-state index contributed by atoms with van der Waals surface area (Å²) in [5.41, 5.74) is 5.27. The number of carbonyl (C=O) groups excluding carboxylic acids is 1. The van der Waals surface area contributed by atoms with Crippen LogP contribution in [0.4, 0.5) is 0 Å². The number of hydrogen-bond acceptors (Lipinski definition) is 4. The summed E-state index contributed by atoms with van der Waals surface area (Å²) in [5.74, 6) is 0.821. The van der Waals surface area contributed by atoms with E-state index in [0.29, 0.717) is 23.8 Å². The van der Waals surface area contributed by atoms with E-state index in [-0.39, 0.29) is 5.91 Å². The number of carbonyl (C=O) groups is 1. The predicted molar refractivity (Wildman–Crippen MR) is 101 cm³/mol. The van der Waals surface area contributed by atoms with Crippen molar-refractivity contribution < 1.29 is 9.32 Å². The van der Waals surface area contributed by atoms with Crippen LogP contribution in [0.15, 0.2) is 28.8 Å². The van der Waals surface area contributed by atoms with Crippen LogP contribution in [-0.4, -0.2) is 32.7 Å². The number of hydrogen-bond donors (Lipinski definition) is 1. The van der Waals surface area contributed by atoms with Gasteiger partial charge < -0.3 is 9.42 Å². The molecule has 0 saturated heterocycles. The number of nitrogens with zero attached hydrogens (tertiary/aromatic N) is 3. The molecule has 1 amide bonds. The minimum Gasteiger partial charge on any atom is -0.360 e. The van der Waals surface area contributed by atoms with E-state index in [4.69, 9.17) is 16.1 Å². The Morgan fingerprint density at radius 2 is 2.00 bits per heavy atom. The molecule has 0 fully saturated rings. The van der Waals surface area contributed by atoms with Gasteiger partial charge in [-0.25, -0.2) is 0 Å². The van der Waals surface area contributed by atoms with E-state index >= 15 is 0 Å². The second-order valence-corrected chi connectivity index (χ2v) is 7.53. The van der Waals surface area contributed by atoms with E-state index in [1.807, 2.05) is 29.2 Å². The summed E-state index contributed by atoms with van der Waals surface area (Å²) < 4.78 is 5.43. The van der Waals surface area contributed by atoms with E-state index in [9.17, 15) is 4.79 Å². The molecule has 27 heavy (non-hydrogen) atoms. The topological polar surface area (TPSA) is 75.0 Å². The van der Waals surface area contributed by atoms with Crippen molar-refractivity contribution in [3.05, 3.63) is 57.6 Å². The molecule has 0 unspecified atom stereocenters. The number of nitrogens with one attached hydrogen (secondary N) is 1. The van der Waals surface area contributed by atoms with Gasteiger partial charge in [-0.05, 0) is 25.3 Å². The molecule has 1 aromatic carbocycles. The predicted octanol–water partition coefficient (Wildman–Crippen LogP) is 3.80. The molecule has 0 spiro atoms. The van der Waals surface area contributed by atoms with Crippen LogP contribution in [0.3, 0.4) is 0 Å². The number of amides is 1. The number of rotatable bonds is 2. The maximum atomic E-state index is 13.1. The van der Waals surface area contributed by atoms with Crippen LogP contribution < -0.4 is 0 Å². The number of fused-ring (bicyclic) bond motifs is 2. The van der Waals surface area contributed by atoms with Gasteiger partial charge in [-0.2, -0.15) is 5.10 Å². The lowest BCUT2D eigenvalue weighted by atomic mass is 9.95. The van der Waals surface area contributed by atoms with Crippen molar-refractivity contribution in [2.24, 2.45) is 0 Å². The smallest absolute Gasteiger partial charge is 0.276 e. The van der Waals surface area contributed by atoms with Gasteiger partial charge in [0.25, 0.3) is 5.91 Å². The van der Waals surface area contributed by atoms with Crippen molar-refractivity contribution in [3.8, 4) is 11.3 Å². The van der Waals surface area contributed by atoms with E-state index in [0.717, 1.165) is 65.9 Å². The summed E-state index contributed by atoms with van der Waals surface area (Å²) in [7, 11) is 0. The number of aromatic amines is 1. The average molecular weight is 383 g/mol. The molecule has 1 aliphatic carbocycles. The first-order chi connectivity index (χ1) is 13.2. The molecular weight excluding hydrogens is 364 g/mol. The largest absolute Gasteiger partial charge is 0.360 e. The Labute approximate surface area is 161 Å². The highest BCUT2D eigenvalue weighted by atomic mass is 35.5. The van der Waals surface area contributed by atoms with E-state index < -0.39 is 0 Å². The van der Waals surface area contributed by atoms with E-state index in [2.05, 4.69) is 15.4 Å². The summed E-state index contributed by atoms with van der Waals surface area (Å²) in [5, 5.41) is 12.3. The van der Waals surface area contributed by atoms with Crippen molar-refractivity contribution >= 4 is 17.5 Å². The SMILES string of the molecule is O=C(c1noc2c1CCCC2)N1CCc2[nH]nc(-c3ccccc3Cl)c2C1. The van der Waals surface area contributed by atoms with Crippen molar-refractivity contribution in [1.29, 1.82) is 0 Å². The third-order valence-electron chi connectivity index (χ3n) is 5.50. The van der Waals surface area contributed by atoms with Gasteiger partial charge in [0.1, 0.15) is 5.76 Å².